The summed E-state index contributed by atoms with van der Waals surface area (Å²) in [6.45, 7) is 18.1. The predicted octanol–water partition coefficient (Wildman–Crippen LogP) is 3.96. The van der Waals surface area contributed by atoms with Crippen LogP contribution in [0, 0.1) is 5.82 Å². The number of amides is 2. The van der Waals surface area contributed by atoms with Crippen molar-refractivity contribution in [2.45, 2.75) is 90.6 Å². The smallest absolute Gasteiger partial charge is 0.410 e. The molecule has 2 fully saturated rings. The van der Waals surface area contributed by atoms with E-state index in [4.69, 9.17) is 14.5 Å². The summed E-state index contributed by atoms with van der Waals surface area (Å²) >= 11 is 0. The third kappa shape index (κ3) is 7.70. The summed E-state index contributed by atoms with van der Waals surface area (Å²) in [5.74, 6) is -0.364. The molecule has 0 radical (unpaired) electrons. The molecular weight excluding hydrogens is 589 g/mol. The van der Waals surface area contributed by atoms with Gasteiger partial charge in [-0.05, 0) is 70.4 Å². The number of aromatic nitrogens is 1. The van der Waals surface area contributed by atoms with Crippen molar-refractivity contribution in [3.8, 4) is 0 Å². The van der Waals surface area contributed by atoms with Gasteiger partial charge in [-0.2, -0.15) is 0 Å². The lowest BCUT2D eigenvalue weighted by Crippen LogP contribution is -2.64. The third-order valence-corrected chi connectivity index (χ3v) is 9.26. The van der Waals surface area contributed by atoms with E-state index in [0.29, 0.717) is 51.5 Å². The molecule has 0 bridgehead atoms. The molecule has 2 aromatic rings. The molecule has 3 aliphatic heterocycles. The Morgan fingerprint density at radius 2 is 1.89 bits per heavy atom. The Morgan fingerprint density at radius 3 is 2.57 bits per heavy atom. The summed E-state index contributed by atoms with van der Waals surface area (Å²) < 4.78 is 25.4. The molecule has 1 aromatic carbocycles. The van der Waals surface area contributed by atoms with Crippen LogP contribution >= 0.6 is 0 Å². The first-order valence-corrected chi connectivity index (χ1v) is 16.4. The van der Waals surface area contributed by atoms with Crippen LogP contribution in [0.3, 0.4) is 0 Å². The minimum atomic E-state index is -0.606. The summed E-state index contributed by atoms with van der Waals surface area (Å²) in [4.78, 5) is 40.6. The number of carbonyl (C=O) groups is 2. The number of hydrogen-bond acceptors (Lipinski definition) is 8. The molecule has 1 aromatic heterocycles. The minimum absolute atomic E-state index is 0.0416. The number of aliphatic hydroxyl groups excluding tert-OH is 1. The Labute approximate surface area is 272 Å². The van der Waals surface area contributed by atoms with E-state index >= 15 is 0 Å². The molecule has 1 N–H and O–H groups in total. The first kappa shape index (κ1) is 34.2. The number of piperazine rings is 1. The zero-order valence-electron chi connectivity index (χ0n) is 28.4. The number of ether oxygens (including phenoxy) is 2. The maximum atomic E-state index is 14.3. The first-order valence-electron chi connectivity index (χ1n) is 16.4. The van der Waals surface area contributed by atoms with Gasteiger partial charge in [0, 0.05) is 56.3 Å². The van der Waals surface area contributed by atoms with Gasteiger partial charge in [0.05, 0.1) is 43.4 Å². The molecule has 3 atom stereocenters. The first-order chi connectivity index (χ1) is 21.6. The van der Waals surface area contributed by atoms with Crippen molar-refractivity contribution in [2.75, 3.05) is 57.4 Å². The van der Waals surface area contributed by atoms with Crippen molar-refractivity contribution in [1.29, 1.82) is 0 Å². The summed E-state index contributed by atoms with van der Waals surface area (Å²) in [5, 5.41) is 10.2. The van der Waals surface area contributed by atoms with E-state index in [1.54, 1.807) is 11.0 Å². The fourth-order valence-electron chi connectivity index (χ4n) is 6.83. The minimum Gasteiger partial charge on any atom is -0.444 e. The van der Waals surface area contributed by atoms with Gasteiger partial charge in [-0.15, -0.1) is 0 Å². The topological polar surface area (TPSA) is 98.7 Å². The maximum Gasteiger partial charge on any atom is 0.410 e. The normalized spacial score (nSPS) is 23.8. The number of carbonyl (C=O) groups excluding carboxylic acids is 2. The molecule has 0 spiro atoms. The number of rotatable bonds is 7. The zero-order chi connectivity index (χ0) is 33.4. The largest absolute Gasteiger partial charge is 0.444 e. The van der Waals surface area contributed by atoms with Crippen LogP contribution < -0.4 is 4.90 Å². The second-order valence-corrected chi connectivity index (χ2v) is 14.8. The van der Waals surface area contributed by atoms with E-state index in [1.807, 2.05) is 44.7 Å². The lowest BCUT2D eigenvalue weighted by molar-refractivity contribution is -0.121. The maximum absolute atomic E-state index is 14.3. The second kappa shape index (κ2) is 13.5. The number of hydrogen-bond donors (Lipinski definition) is 1. The van der Waals surface area contributed by atoms with Gasteiger partial charge in [-0.1, -0.05) is 26.0 Å². The molecule has 2 saturated heterocycles. The number of benzene rings is 1. The van der Waals surface area contributed by atoms with E-state index in [-0.39, 0.29) is 49.1 Å². The summed E-state index contributed by atoms with van der Waals surface area (Å²) in [6, 6.07) is 8.35. The monoisotopic (exact) mass is 639 g/mol. The van der Waals surface area contributed by atoms with Gasteiger partial charge in [0.25, 0.3) is 0 Å². The van der Waals surface area contributed by atoms with Crippen molar-refractivity contribution in [2.24, 2.45) is 0 Å². The van der Waals surface area contributed by atoms with Crippen LogP contribution in [0.5, 0.6) is 0 Å². The van der Waals surface area contributed by atoms with E-state index in [2.05, 4.69) is 30.6 Å². The molecule has 46 heavy (non-hydrogen) atoms. The van der Waals surface area contributed by atoms with E-state index in [9.17, 15) is 19.1 Å². The summed E-state index contributed by atoms with van der Waals surface area (Å²) in [5.41, 5.74) is 2.55. The Morgan fingerprint density at radius 1 is 1.13 bits per heavy atom. The standard InChI is InChI=1S/C35H50FN5O5/c1-23-16-39(28(17-38-11-12-45-21-24(38)2)18-40(23)33(44)46-34(3,4)5)19-31(43)41-22-35(6,7)32-30(41)15-26(29(20-42)37-32)13-25-9-8-10-27(36)14-25/h8-10,14-15,23-24,28,42H,11-13,16-22H2,1-7H3/t23-,24-,28+/m1/s1. The third-order valence-electron chi connectivity index (χ3n) is 9.26. The van der Waals surface area contributed by atoms with Crippen LogP contribution in [-0.2, 0) is 32.7 Å². The fraction of sp³-hybridized carbons (Fsp3) is 0.629. The number of pyridine rings is 1. The molecule has 0 saturated carbocycles. The number of halogens is 1. The molecule has 252 valence electrons. The molecule has 0 unspecified atom stereocenters. The van der Waals surface area contributed by atoms with Gasteiger partial charge in [-0.25, -0.2) is 9.18 Å². The zero-order valence-corrected chi connectivity index (χ0v) is 28.4. The van der Waals surface area contributed by atoms with E-state index in [0.717, 1.165) is 29.1 Å². The summed E-state index contributed by atoms with van der Waals surface area (Å²) in [6.07, 6.45) is 0.0539. The van der Waals surface area contributed by atoms with Gasteiger partial charge in [0.1, 0.15) is 11.4 Å². The van der Waals surface area contributed by atoms with Crippen LogP contribution in [0.4, 0.5) is 14.9 Å². The Kier molecular flexibility index (Phi) is 10.1. The van der Waals surface area contributed by atoms with Crippen molar-refractivity contribution in [3.05, 3.63) is 58.7 Å². The van der Waals surface area contributed by atoms with E-state index in [1.165, 1.54) is 12.1 Å². The average molecular weight is 640 g/mol. The number of anilines is 1. The molecule has 5 rings (SSSR count). The number of morpholine rings is 1. The van der Waals surface area contributed by atoms with Crippen LogP contribution in [0.25, 0.3) is 0 Å². The quantitative estimate of drug-likeness (QED) is 0.487. The van der Waals surface area contributed by atoms with Crippen LogP contribution in [0.15, 0.2) is 30.3 Å². The highest BCUT2D eigenvalue weighted by Crippen LogP contribution is 2.41. The molecule has 2 amide bonds. The Bertz CT molecular complexity index is 1430. The van der Waals surface area contributed by atoms with Crippen molar-refractivity contribution in [3.63, 3.8) is 0 Å². The lowest BCUT2D eigenvalue weighted by Gasteiger charge is -2.47. The molecule has 3 aliphatic rings. The van der Waals surface area contributed by atoms with Gasteiger partial charge in [0.15, 0.2) is 0 Å². The van der Waals surface area contributed by atoms with Crippen LogP contribution in [0.2, 0.25) is 0 Å². The fourth-order valence-corrected chi connectivity index (χ4v) is 6.83. The lowest BCUT2D eigenvalue weighted by atomic mass is 9.90. The predicted molar refractivity (Wildman–Crippen MR) is 174 cm³/mol. The highest BCUT2D eigenvalue weighted by molar-refractivity contribution is 5.97. The van der Waals surface area contributed by atoms with Crippen molar-refractivity contribution >= 4 is 17.7 Å². The van der Waals surface area contributed by atoms with Gasteiger partial charge < -0.3 is 24.4 Å². The average Bonchev–Trinajstić information content (AvgIpc) is 3.23. The molecule has 4 heterocycles. The summed E-state index contributed by atoms with van der Waals surface area (Å²) in [7, 11) is 0. The second-order valence-electron chi connectivity index (χ2n) is 14.8. The number of fused-ring (bicyclic) bond motifs is 1. The highest BCUT2D eigenvalue weighted by atomic mass is 19.1. The molecular formula is C35H50FN5O5. The number of aliphatic hydroxyl groups is 1. The van der Waals surface area contributed by atoms with Crippen LogP contribution in [0.1, 0.15) is 71.0 Å². The SMILES string of the molecule is C[C@@H]1COCCN1C[C@H]1CN(C(=O)OC(C)(C)C)[C@H](C)CN1CC(=O)N1CC(C)(C)c2nc(CO)c(Cc3cccc(F)c3)cc21. The Hall–Kier alpha value is -3.12. The van der Waals surface area contributed by atoms with Crippen molar-refractivity contribution in [1.82, 2.24) is 19.7 Å². The van der Waals surface area contributed by atoms with Gasteiger partial charge >= 0.3 is 6.09 Å². The van der Waals surface area contributed by atoms with Crippen LogP contribution in [-0.4, -0.2) is 113 Å². The molecule has 10 nitrogen and oxygen atoms in total. The number of nitrogens with zero attached hydrogens (tertiary/aromatic N) is 5. The Balaban J connectivity index is 1.40. The van der Waals surface area contributed by atoms with Gasteiger partial charge in [0.2, 0.25) is 5.91 Å². The van der Waals surface area contributed by atoms with E-state index < -0.39 is 11.0 Å². The van der Waals surface area contributed by atoms with Gasteiger partial charge in [-0.3, -0.25) is 19.6 Å². The highest BCUT2D eigenvalue weighted by Gasteiger charge is 2.43. The van der Waals surface area contributed by atoms with Crippen molar-refractivity contribution < 1.29 is 28.6 Å². The molecule has 11 heteroatoms. The molecule has 0 aliphatic carbocycles.